The number of hydrogen-bond acceptors (Lipinski definition) is 1. The maximum Gasteiger partial charge on any atom is 0.132 e. The van der Waals surface area contributed by atoms with Gasteiger partial charge >= 0.3 is 0 Å². The third kappa shape index (κ3) is 1.94. The van der Waals surface area contributed by atoms with E-state index >= 15 is 0 Å². The molecule has 1 aliphatic carbocycles. The van der Waals surface area contributed by atoms with E-state index in [0.717, 1.165) is 25.0 Å². The lowest BCUT2D eigenvalue weighted by Gasteiger charge is -2.38. The summed E-state index contributed by atoms with van der Waals surface area (Å²) in [5, 5.41) is 1.34. The minimum Gasteiger partial charge on any atom is -0.482 e. The lowest BCUT2D eigenvalue weighted by atomic mass is 9.80. The summed E-state index contributed by atoms with van der Waals surface area (Å²) < 4.78 is 6.49. The molecule has 1 N–H and O–H groups in total. The maximum atomic E-state index is 6.49. The van der Waals surface area contributed by atoms with Crippen LogP contribution in [-0.2, 0) is 12.8 Å². The Morgan fingerprint density at radius 2 is 2.04 bits per heavy atom. The van der Waals surface area contributed by atoms with Crippen LogP contribution in [-0.4, -0.2) is 10.6 Å². The first kappa shape index (κ1) is 13.0. The van der Waals surface area contributed by atoms with Crippen molar-refractivity contribution in [1.82, 2.24) is 4.98 Å². The summed E-state index contributed by atoms with van der Waals surface area (Å²) in [6.45, 7) is 2.12. The van der Waals surface area contributed by atoms with Gasteiger partial charge < -0.3 is 9.72 Å². The van der Waals surface area contributed by atoms with Gasteiger partial charge in [0.2, 0.25) is 0 Å². The smallest absolute Gasteiger partial charge is 0.132 e. The molecule has 1 aliphatic heterocycles. The summed E-state index contributed by atoms with van der Waals surface area (Å²) in [6.07, 6.45) is 7.52. The first-order valence-corrected chi connectivity index (χ1v) is 8.30. The molecule has 0 fully saturated rings. The van der Waals surface area contributed by atoms with E-state index in [4.69, 9.17) is 4.74 Å². The van der Waals surface area contributed by atoms with Crippen molar-refractivity contribution in [2.24, 2.45) is 0 Å². The summed E-state index contributed by atoms with van der Waals surface area (Å²) in [5.74, 6) is 1.02. The van der Waals surface area contributed by atoms with Crippen LogP contribution < -0.4 is 4.74 Å². The van der Waals surface area contributed by atoms with Crippen molar-refractivity contribution in [3.05, 3.63) is 70.9 Å². The van der Waals surface area contributed by atoms with Gasteiger partial charge in [-0.15, -0.1) is 0 Å². The Hall–Kier alpha value is -2.48. The van der Waals surface area contributed by atoms with E-state index in [1.165, 1.54) is 33.3 Å². The molecule has 5 rings (SSSR count). The molecule has 114 valence electrons. The van der Waals surface area contributed by atoms with E-state index in [1.54, 1.807) is 0 Å². The van der Waals surface area contributed by atoms with Gasteiger partial charge in [-0.1, -0.05) is 35.9 Å². The molecule has 2 heteroatoms. The van der Waals surface area contributed by atoms with Crippen LogP contribution in [0.25, 0.3) is 17.0 Å². The fraction of sp³-hybridized carbons (Fsp3) is 0.238. The molecule has 2 aromatic carbocycles. The van der Waals surface area contributed by atoms with Gasteiger partial charge in [0.05, 0.1) is 0 Å². The number of benzene rings is 2. The molecule has 3 aromatic rings. The van der Waals surface area contributed by atoms with Gasteiger partial charge in [-0.2, -0.15) is 0 Å². The van der Waals surface area contributed by atoms with Gasteiger partial charge in [0, 0.05) is 28.6 Å². The molecule has 0 saturated carbocycles. The predicted octanol–water partition coefficient (Wildman–Crippen LogP) is 4.81. The first-order valence-electron chi connectivity index (χ1n) is 8.30. The normalized spacial score (nSPS) is 22.0. The highest BCUT2D eigenvalue weighted by Crippen LogP contribution is 2.41. The Labute approximate surface area is 135 Å². The Kier molecular flexibility index (Phi) is 2.55. The lowest BCUT2D eigenvalue weighted by Crippen LogP contribution is -2.41. The zero-order valence-electron chi connectivity index (χ0n) is 13.2. The number of aryl methyl sites for hydroxylation is 2. The minimum absolute atomic E-state index is 0.194. The Bertz CT molecular complexity index is 950. The van der Waals surface area contributed by atoms with Gasteiger partial charge in [0.25, 0.3) is 0 Å². The lowest BCUT2D eigenvalue weighted by molar-refractivity contribution is 0.101. The number of rotatable bonds is 0. The van der Waals surface area contributed by atoms with Crippen LogP contribution in [0.4, 0.5) is 0 Å². The van der Waals surface area contributed by atoms with Crippen molar-refractivity contribution >= 4 is 17.0 Å². The average molecular weight is 301 g/mol. The van der Waals surface area contributed by atoms with Crippen LogP contribution in [0.1, 0.15) is 28.8 Å². The number of aromatic nitrogens is 1. The molecule has 1 spiro atoms. The number of fused-ring (bicyclic) bond motifs is 4. The quantitative estimate of drug-likeness (QED) is 0.633. The molecule has 0 radical (unpaired) electrons. The van der Waals surface area contributed by atoms with E-state index in [-0.39, 0.29) is 5.60 Å². The maximum absolute atomic E-state index is 6.49. The van der Waals surface area contributed by atoms with Crippen molar-refractivity contribution < 1.29 is 4.74 Å². The Morgan fingerprint density at radius 3 is 3.00 bits per heavy atom. The van der Waals surface area contributed by atoms with Crippen LogP contribution in [0.15, 0.2) is 48.5 Å². The number of ether oxygens (including phenoxy) is 1. The van der Waals surface area contributed by atoms with Crippen molar-refractivity contribution in [3.63, 3.8) is 0 Å². The molecule has 1 aromatic heterocycles. The van der Waals surface area contributed by atoms with Crippen molar-refractivity contribution in [2.75, 3.05) is 0 Å². The fourth-order valence-corrected chi connectivity index (χ4v) is 4.01. The van der Waals surface area contributed by atoms with Crippen LogP contribution in [0.5, 0.6) is 5.75 Å². The summed E-state index contributed by atoms with van der Waals surface area (Å²) in [7, 11) is 0. The van der Waals surface area contributed by atoms with Gasteiger partial charge in [-0.05, 0) is 49.6 Å². The summed E-state index contributed by atoms with van der Waals surface area (Å²) in [6, 6.07) is 15.0. The molecule has 2 aliphatic rings. The number of H-pyrrole nitrogens is 1. The second kappa shape index (κ2) is 4.51. The molecule has 1 unspecified atom stereocenters. The van der Waals surface area contributed by atoms with Gasteiger partial charge in [-0.3, -0.25) is 0 Å². The number of hydrogen-bond donors (Lipinski definition) is 1. The number of aromatic amines is 1. The second-order valence-electron chi connectivity index (χ2n) is 6.85. The second-order valence-corrected chi connectivity index (χ2v) is 6.85. The van der Waals surface area contributed by atoms with Crippen LogP contribution in [0, 0.1) is 6.92 Å². The molecule has 0 bridgehead atoms. The van der Waals surface area contributed by atoms with Crippen LogP contribution in [0.3, 0.4) is 0 Å². The van der Waals surface area contributed by atoms with Crippen LogP contribution in [0.2, 0.25) is 0 Å². The van der Waals surface area contributed by atoms with Gasteiger partial charge in [0.1, 0.15) is 11.4 Å². The molecular weight excluding hydrogens is 282 g/mol. The van der Waals surface area contributed by atoms with E-state index in [2.05, 4.69) is 66.5 Å². The number of para-hydroxylation sites is 1. The van der Waals surface area contributed by atoms with Crippen molar-refractivity contribution in [1.29, 1.82) is 0 Å². The third-order valence-corrected chi connectivity index (χ3v) is 5.22. The summed E-state index contributed by atoms with van der Waals surface area (Å²) in [4.78, 5) is 3.58. The highest BCUT2D eigenvalue weighted by Gasteiger charge is 2.38. The topological polar surface area (TPSA) is 25.0 Å². The van der Waals surface area contributed by atoms with E-state index < -0.39 is 0 Å². The van der Waals surface area contributed by atoms with Gasteiger partial charge in [-0.25, -0.2) is 0 Å². The van der Waals surface area contributed by atoms with Crippen LogP contribution >= 0.6 is 0 Å². The molecule has 1 atom stereocenters. The Morgan fingerprint density at radius 1 is 1.13 bits per heavy atom. The summed E-state index contributed by atoms with van der Waals surface area (Å²) >= 11 is 0. The highest BCUT2D eigenvalue weighted by molar-refractivity contribution is 5.85. The molecular formula is C21H19NO. The fourth-order valence-electron chi connectivity index (χ4n) is 4.01. The largest absolute Gasteiger partial charge is 0.482 e. The van der Waals surface area contributed by atoms with E-state index in [0.29, 0.717) is 0 Å². The molecule has 2 nitrogen and oxygen atoms in total. The van der Waals surface area contributed by atoms with E-state index in [1.807, 2.05) is 0 Å². The predicted molar refractivity (Wildman–Crippen MR) is 93.9 cm³/mol. The first-order chi connectivity index (χ1) is 11.2. The zero-order valence-corrected chi connectivity index (χ0v) is 13.2. The zero-order chi connectivity index (χ0) is 15.4. The molecule has 2 heterocycles. The molecule has 23 heavy (non-hydrogen) atoms. The van der Waals surface area contributed by atoms with Gasteiger partial charge in [0.15, 0.2) is 0 Å². The Balaban J connectivity index is 1.58. The standard InChI is InChI=1S/C21H19NO/c1-14-6-7-20-15(12-14)8-10-21(23-20)11-9-19-17(13-21)16-4-2-3-5-18(16)22-19/h2-8,10,12,22H,9,11,13H2,1H3. The average Bonchev–Trinajstić information content (AvgIpc) is 2.93. The SMILES string of the molecule is Cc1ccc2c(c1)C=CC1(CCc3[nH]c4ccccc4c3C1)O2. The third-order valence-electron chi connectivity index (χ3n) is 5.22. The highest BCUT2D eigenvalue weighted by atomic mass is 16.5. The van der Waals surface area contributed by atoms with E-state index in [9.17, 15) is 0 Å². The monoisotopic (exact) mass is 301 g/mol. The molecule has 0 saturated heterocycles. The minimum atomic E-state index is -0.194. The van der Waals surface area contributed by atoms with Crippen molar-refractivity contribution in [3.8, 4) is 5.75 Å². The summed E-state index contributed by atoms with van der Waals surface area (Å²) in [5.41, 5.74) is 6.32. The van der Waals surface area contributed by atoms with Crippen molar-refractivity contribution in [2.45, 2.75) is 31.8 Å². The molecule has 0 amide bonds. The number of nitrogens with one attached hydrogen (secondary N) is 1.